The molecule has 0 bridgehead atoms. The number of benzene rings is 2. The van der Waals surface area contributed by atoms with Crippen LogP contribution in [-0.4, -0.2) is 29.6 Å². The van der Waals surface area contributed by atoms with Gasteiger partial charge in [0.25, 0.3) is 0 Å². The van der Waals surface area contributed by atoms with Gasteiger partial charge in [0.15, 0.2) is 0 Å². The molecule has 2 rings (SSSR count). The first-order chi connectivity index (χ1) is 13.5. The van der Waals surface area contributed by atoms with Gasteiger partial charge >= 0.3 is 6.03 Å². The molecule has 2 aromatic carbocycles. The van der Waals surface area contributed by atoms with Gasteiger partial charge in [0.1, 0.15) is 11.8 Å². The van der Waals surface area contributed by atoms with Crippen molar-refractivity contribution in [2.24, 2.45) is 0 Å². The summed E-state index contributed by atoms with van der Waals surface area (Å²) in [6.45, 7) is 0.181. The largest absolute Gasteiger partial charge is 0.508 e. The van der Waals surface area contributed by atoms with Gasteiger partial charge in [-0.25, -0.2) is 4.79 Å². The van der Waals surface area contributed by atoms with Crippen LogP contribution >= 0.6 is 0 Å². The highest BCUT2D eigenvalue weighted by Gasteiger charge is 2.21. The average Bonchev–Trinajstić information content (AvgIpc) is 2.69. The minimum atomic E-state index is -0.874. The summed E-state index contributed by atoms with van der Waals surface area (Å²) in [6, 6.07) is 15.1. The van der Waals surface area contributed by atoms with Gasteiger partial charge in [0.2, 0.25) is 5.91 Å². The average molecular weight is 377 g/mol. The molecule has 4 N–H and O–H groups in total. The van der Waals surface area contributed by atoms with Crippen molar-refractivity contribution in [3.63, 3.8) is 0 Å². The molecule has 0 fully saturated rings. The zero-order valence-electron chi connectivity index (χ0n) is 15.0. The molecule has 0 heterocycles. The summed E-state index contributed by atoms with van der Waals surface area (Å²) < 4.78 is 0. The van der Waals surface area contributed by atoms with Crippen LogP contribution in [0, 0.1) is 22.7 Å². The van der Waals surface area contributed by atoms with E-state index in [0.717, 1.165) is 5.56 Å². The molecule has 0 radical (unpaired) electrons. The highest BCUT2D eigenvalue weighted by molar-refractivity contribution is 5.93. The summed E-state index contributed by atoms with van der Waals surface area (Å²) in [5.41, 5.74) is 1.69. The number of carbonyl (C=O) groups excluding carboxylic acids is 2. The molecule has 8 nitrogen and oxygen atoms in total. The first-order valence-electron chi connectivity index (χ1n) is 8.52. The fourth-order valence-electron chi connectivity index (χ4n) is 2.40. The number of urea groups is 1. The third-order valence-corrected chi connectivity index (χ3v) is 3.81. The smallest absolute Gasteiger partial charge is 0.319 e. The van der Waals surface area contributed by atoms with Crippen molar-refractivity contribution in [1.82, 2.24) is 10.6 Å². The van der Waals surface area contributed by atoms with Crippen molar-refractivity contribution in [1.29, 1.82) is 10.5 Å². The zero-order valence-corrected chi connectivity index (χ0v) is 15.0. The lowest BCUT2D eigenvalue weighted by Gasteiger charge is -2.19. The fraction of sp³-hybridized carbons (Fsp3) is 0.200. The van der Waals surface area contributed by atoms with Crippen LogP contribution in [0.3, 0.4) is 0 Å². The SMILES string of the molecule is N#CCCNC(=O)C(Cc1ccc(O)cc1)NC(=O)Nc1ccc(C#N)cc1. The molecule has 0 aliphatic carbocycles. The first kappa shape index (κ1) is 20.3. The Balaban J connectivity index is 2.05. The van der Waals surface area contributed by atoms with E-state index in [4.69, 9.17) is 10.5 Å². The molecule has 1 atom stereocenters. The standard InChI is InChI=1S/C20H19N5O3/c21-10-1-11-23-19(27)18(12-14-4-8-17(26)9-5-14)25-20(28)24-16-6-2-15(13-22)3-7-16/h2-9,18,26H,1,11-12H2,(H,23,27)(H2,24,25,28). The third kappa shape index (κ3) is 6.36. The Bertz CT molecular complexity index is 895. The monoisotopic (exact) mass is 377 g/mol. The molecule has 3 amide bonds. The maximum atomic E-state index is 12.4. The highest BCUT2D eigenvalue weighted by Crippen LogP contribution is 2.12. The normalized spacial score (nSPS) is 10.8. The number of carbonyl (C=O) groups is 2. The zero-order chi connectivity index (χ0) is 20.4. The van der Waals surface area contributed by atoms with E-state index in [-0.39, 0.29) is 25.1 Å². The van der Waals surface area contributed by atoms with E-state index in [1.807, 2.05) is 12.1 Å². The van der Waals surface area contributed by atoms with Crippen molar-refractivity contribution in [3.05, 3.63) is 59.7 Å². The molecule has 0 aliphatic rings. The van der Waals surface area contributed by atoms with Crippen LogP contribution in [0.5, 0.6) is 5.75 Å². The van der Waals surface area contributed by atoms with Gasteiger partial charge in [-0.2, -0.15) is 10.5 Å². The summed E-state index contributed by atoms with van der Waals surface area (Å²) >= 11 is 0. The molecular formula is C20H19N5O3. The fourth-order valence-corrected chi connectivity index (χ4v) is 2.40. The predicted molar refractivity (Wildman–Crippen MR) is 102 cm³/mol. The molecule has 1 unspecified atom stereocenters. The van der Waals surface area contributed by atoms with Crippen LogP contribution < -0.4 is 16.0 Å². The number of nitriles is 2. The molecule has 0 aliphatic heterocycles. The Morgan fingerprint density at radius 1 is 1.04 bits per heavy atom. The molecule has 0 aromatic heterocycles. The van der Waals surface area contributed by atoms with Crippen LogP contribution in [-0.2, 0) is 11.2 Å². The number of nitrogens with one attached hydrogen (secondary N) is 3. The van der Waals surface area contributed by atoms with E-state index in [1.165, 1.54) is 12.1 Å². The Morgan fingerprint density at radius 2 is 1.71 bits per heavy atom. The van der Waals surface area contributed by atoms with Crippen molar-refractivity contribution in [3.8, 4) is 17.9 Å². The molecule has 0 saturated heterocycles. The van der Waals surface area contributed by atoms with E-state index in [9.17, 15) is 14.7 Å². The molecule has 0 spiro atoms. The van der Waals surface area contributed by atoms with Gasteiger partial charge in [0, 0.05) is 18.7 Å². The number of nitrogens with zero attached hydrogens (tertiary/aromatic N) is 2. The predicted octanol–water partition coefficient (Wildman–Crippen LogP) is 2.03. The number of rotatable bonds is 7. The summed E-state index contributed by atoms with van der Waals surface area (Å²) in [5.74, 6) is -0.316. The summed E-state index contributed by atoms with van der Waals surface area (Å²) in [7, 11) is 0. The van der Waals surface area contributed by atoms with Crippen molar-refractivity contribution in [2.45, 2.75) is 18.9 Å². The minimum absolute atomic E-state index is 0.102. The number of phenols is 1. The second kappa shape index (κ2) is 10.2. The maximum Gasteiger partial charge on any atom is 0.319 e. The third-order valence-electron chi connectivity index (χ3n) is 3.81. The van der Waals surface area contributed by atoms with Gasteiger partial charge in [-0.3, -0.25) is 4.79 Å². The Hall–Kier alpha value is -4.04. The van der Waals surface area contributed by atoms with Crippen LogP contribution in [0.2, 0.25) is 0 Å². The Kier molecular flexibility index (Phi) is 7.38. The quantitative estimate of drug-likeness (QED) is 0.547. The van der Waals surface area contributed by atoms with Gasteiger partial charge in [-0.15, -0.1) is 0 Å². The number of aromatic hydroxyl groups is 1. The maximum absolute atomic E-state index is 12.4. The van der Waals surface area contributed by atoms with E-state index < -0.39 is 18.0 Å². The minimum Gasteiger partial charge on any atom is -0.508 e. The summed E-state index contributed by atoms with van der Waals surface area (Å²) in [6.07, 6.45) is 0.370. The van der Waals surface area contributed by atoms with Gasteiger partial charge in [-0.1, -0.05) is 12.1 Å². The lowest BCUT2D eigenvalue weighted by atomic mass is 10.1. The van der Waals surface area contributed by atoms with E-state index in [1.54, 1.807) is 36.4 Å². The van der Waals surface area contributed by atoms with Crippen LogP contribution in [0.15, 0.2) is 48.5 Å². The number of anilines is 1. The van der Waals surface area contributed by atoms with Crippen molar-refractivity contribution < 1.29 is 14.7 Å². The van der Waals surface area contributed by atoms with Crippen molar-refractivity contribution >= 4 is 17.6 Å². The lowest BCUT2D eigenvalue weighted by molar-refractivity contribution is -0.122. The number of hydrogen-bond acceptors (Lipinski definition) is 5. The van der Waals surface area contributed by atoms with Crippen molar-refractivity contribution in [2.75, 3.05) is 11.9 Å². The van der Waals surface area contributed by atoms with Crippen LogP contribution in [0.25, 0.3) is 0 Å². The second-order valence-corrected chi connectivity index (χ2v) is 5.91. The molecule has 2 aromatic rings. The molecule has 0 saturated carbocycles. The van der Waals surface area contributed by atoms with Gasteiger partial charge < -0.3 is 21.1 Å². The lowest BCUT2D eigenvalue weighted by Crippen LogP contribution is -2.49. The number of amides is 3. The molecule has 142 valence electrons. The number of phenolic OH excluding ortho intramolecular Hbond substituents is 1. The van der Waals surface area contributed by atoms with Gasteiger partial charge in [0.05, 0.1) is 24.1 Å². The van der Waals surface area contributed by atoms with E-state index in [0.29, 0.717) is 11.3 Å². The number of hydrogen-bond donors (Lipinski definition) is 4. The first-order valence-corrected chi connectivity index (χ1v) is 8.52. The topological polar surface area (TPSA) is 138 Å². The molecular weight excluding hydrogens is 358 g/mol. The highest BCUT2D eigenvalue weighted by atomic mass is 16.3. The Labute approximate surface area is 162 Å². The van der Waals surface area contributed by atoms with Crippen LogP contribution in [0.1, 0.15) is 17.5 Å². The summed E-state index contributed by atoms with van der Waals surface area (Å²) in [4.78, 5) is 24.7. The van der Waals surface area contributed by atoms with Crippen LogP contribution in [0.4, 0.5) is 10.5 Å². The second-order valence-electron chi connectivity index (χ2n) is 5.91. The molecule has 8 heteroatoms. The molecule has 28 heavy (non-hydrogen) atoms. The summed E-state index contributed by atoms with van der Waals surface area (Å²) in [5, 5.41) is 34.6. The van der Waals surface area contributed by atoms with E-state index in [2.05, 4.69) is 16.0 Å². The van der Waals surface area contributed by atoms with Gasteiger partial charge in [-0.05, 0) is 42.0 Å². The Morgan fingerprint density at radius 3 is 2.32 bits per heavy atom. The van der Waals surface area contributed by atoms with E-state index >= 15 is 0 Å².